The minimum absolute atomic E-state index is 0.116. The fourth-order valence-corrected chi connectivity index (χ4v) is 3.84. The number of nitrogens with zero attached hydrogens (tertiary/aromatic N) is 3. The van der Waals surface area contributed by atoms with Crippen LogP contribution in [0.15, 0.2) is 39.9 Å². The van der Waals surface area contributed by atoms with Crippen LogP contribution in [0.1, 0.15) is 53.2 Å². The van der Waals surface area contributed by atoms with Crippen LogP contribution in [0.4, 0.5) is 5.00 Å². The van der Waals surface area contributed by atoms with Crippen molar-refractivity contribution < 1.29 is 4.79 Å². The van der Waals surface area contributed by atoms with E-state index in [0.717, 1.165) is 16.1 Å². The fraction of sp³-hybridized carbons (Fsp3) is 0.429. The highest BCUT2D eigenvalue weighted by molar-refractivity contribution is 7.22. The molecule has 8 heteroatoms. The Bertz CT molecular complexity index is 1010. The van der Waals surface area contributed by atoms with Gasteiger partial charge in [0.15, 0.2) is 0 Å². The molecule has 0 aliphatic heterocycles. The van der Waals surface area contributed by atoms with Crippen LogP contribution in [0.25, 0.3) is 10.1 Å². The van der Waals surface area contributed by atoms with Gasteiger partial charge in [0.25, 0.3) is 5.56 Å². The van der Waals surface area contributed by atoms with Crippen molar-refractivity contribution in [1.29, 1.82) is 0 Å². The molecule has 0 aromatic carbocycles. The number of anilines is 1. The molecule has 0 bridgehead atoms. The average molecular weight is 416 g/mol. The summed E-state index contributed by atoms with van der Waals surface area (Å²) in [5.41, 5.74) is 0.540. The van der Waals surface area contributed by atoms with Gasteiger partial charge in [0.1, 0.15) is 17.1 Å². The summed E-state index contributed by atoms with van der Waals surface area (Å²) in [4.78, 5) is 29.6. The van der Waals surface area contributed by atoms with Gasteiger partial charge in [-0.2, -0.15) is 5.10 Å². The molecular formula is C21H29N5O2S. The Labute approximate surface area is 175 Å². The zero-order valence-corrected chi connectivity index (χ0v) is 18.6. The van der Waals surface area contributed by atoms with Gasteiger partial charge < -0.3 is 10.6 Å². The number of carbonyl (C=O) groups is 1. The van der Waals surface area contributed by atoms with Gasteiger partial charge in [-0.25, -0.2) is 9.67 Å². The normalized spacial score (nSPS) is 12.8. The molecular weight excluding hydrogens is 386 g/mol. The molecule has 0 aliphatic rings. The van der Waals surface area contributed by atoms with Crippen LogP contribution in [0.3, 0.4) is 0 Å². The topological polar surface area (TPSA) is 88.4 Å². The third-order valence-electron chi connectivity index (χ3n) is 3.97. The molecule has 2 N–H and O–H groups in total. The lowest BCUT2D eigenvalue weighted by Crippen LogP contribution is -2.33. The maximum absolute atomic E-state index is 13.0. The van der Waals surface area contributed by atoms with Crippen LogP contribution in [-0.4, -0.2) is 27.9 Å². The van der Waals surface area contributed by atoms with E-state index in [1.165, 1.54) is 16.0 Å². The minimum Gasteiger partial charge on any atom is -0.375 e. The molecule has 0 spiro atoms. The molecule has 2 aromatic rings. The molecule has 1 amide bonds. The van der Waals surface area contributed by atoms with E-state index in [9.17, 15) is 9.59 Å². The zero-order chi connectivity index (χ0) is 21.6. The van der Waals surface area contributed by atoms with Crippen molar-refractivity contribution in [2.75, 3.05) is 5.32 Å². The zero-order valence-electron chi connectivity index (χ0n) is 17.8. The molecule has 0 saturated carbocycles. The van der Waals surface area contributed by atoms with Crippen molar-refractivity contribution in [2.45, 2.75) is 60.0 Å². The van der Waals surface area contributed by atoms with E-state index in [2.05, 4.69) is 20.7 Å². The first-order valence-electron chi connectivity index (χ1n) is 9.69. The first kappa shape index (κ1) is 22.5. The average Bonchev–Trinajstić information content (AvgIpc) is 3.06. The van der Waals surface area contributed by atoms with E-state index < -0.39 is 0 Å². The Morgan fingerprint density at radius 1 is 1.31 bits per heavy atom. The number of carbonyl (C=O) groups excluding carboxylic acids is 1. The number of thiophene rings is 1. The Hall–Kier alpha value is -2.74. The number of aromatic nitrogens is 2. The number of nitrogens with one attached hydrogen (secondary N) is 2. The van der Waals surface area contributed by atoms with E-state index >= 15 is 0 Å². The van der Waals surface area contributed by atoms with Gasteiger partial charge in [0.05, 0.1) is 10.7 Å². The number of fused-ring (bicyclic) bond motifs is 1. The third kappa shape index (κ3) is 5.87. The van der Waals surface area contributed by atoms with E-state index in [4.69, 9.17) is 0 Å². The van der Waals surface area contributed by atoms with Crippen LogP contribution in [0, 0.1) is 0 Å². The van der Waals surface area contributed by atoms with E-state index in [-0.39, 0.29) is 30.0 Å². The molecule has 29 heavy (non-hydrogen) atoms. The monoisotopic (exact) mass is 415 g/mol. The summed E-state index contributed by atoms with van der Waals surface area (Å²) in [7, 11) is 0. The predicted molar refractivity (Wildman–Crippen MR) is 122 cm³/mol. The highest BCUT2D eigenvalue weighted by Gasteiger charge is 2.18. The maximum atomic E-state index is 13.0. The number of hydrogen-bond donors (Lipinski definition) is 2. The second kappa shape index (κ2) is 10.2. The Morgan fingerprint density at radius 3 is 2.62 bits per heavy atom. The summed E-state index contributed by atoms with van der Waals surface area (Å²) in [6.45, 7) is 11.6. The van der Waals surface area contributed by atoms with Crippen LogP contribution in [0.2, 0.25) is 0 Å². The van der Waals surface area contributed by atoms with Crippen LogP contribution >= 0.6 is 11.3 Å². The lowest BCUT2D eigenvalue weighted by molar-refractivity contribution is -0.121. The molecule has 2 aromatic heterocycles. The standard InChI is InChI=1S/C21H29N5O2S/c1-7-9-10-22-16(8-2)24-17(27)12-26-21(28)20-15(19(25-26)13(3)4)11-18(29-20)23-14(5)6/h7-11,13-14,23H,12H2,1-6H3,(H,24,27)/b9-7-,16-8-,22-10-. The molecule has 0 aliphatic carbocycles. The van der Waals surface area contributed by atoms with E-state index in [0.29, 0.717) is 10.5 Å². The maximum Gasteiger partial charge on any atom is 0.285 e. The van der Waals surface area contributed by atoms with Gasteiger partial charge in [-0.05, 0) is 51.8 Å². The van der Waals surface area contributed by atoms with Crippen molar-refractivity contribution in [3.8, 4) is 0 Å². The van der Waals surface area contributed by atoms with Gasteiger partial charge >= 0.3 is 0 Å². The number of rotatable bonds is 8. The van der Waals surface area contributed by atoms with Gasteiger partial charge in [-0.15, -0.1) is 11.3 Å². The molecule has 0 fully saturated rings. The van der Waals surface area contributed by atoms with Crippen LogP contribution < -0.4 is 16.2 Å². The molecule has 2 rings (SSSR count). The second-order valence-corrected chi connectivity index (χ2v) is 8.23. The fourth-order valence-electron chi connectivity index (χ4n) is 2.68. The van der Waals surface area contributed by atoms with Crippen LogP contribution in [0.5, 0.6) is 0 Å². The second-order valence-electron chi connectivity index (χ2n) is 7.18. The molecule has 0 radical (unpaired) electrons. The minimum atomic E-state index is -0.350. The SMILES string of the molecule is C\C=C/C=N\C(=C\C)NC(=O)Cn1nc(C(C)C)c2cc(NC(C)C)sc2c1=O. The van der Waals surface area contributed by atoms with Gasteiger partial charge in [0, 0.05) is 17.6 Å². The van der Waals surface area contributed by atoms with Gasteiger partial charge in [0.2, 0.25) is 5.91 Å². The Kier molecular flexibility index (Phi) is 7.90. The first-order valence-corrected chi connectivity index (χ1v) is 10.5. The molecule has 0 saturated heterocycles. The van der Waals surface area contributed by atoms with Crippen LogP contribution in [-0.2, 0) is 11.3 Å². The number of amides is 1. The van der Waals surface area contributed by atoms with E-state index in [1.807, 2.05) is 46.8 Å². The lowest BCUT2D eigenvalue weighted by atomic mass is 10.1. The highest BCUT2D eigenvalue weighted by atomic mass is 32.1. The lowest BCUT2D eigenvalue weighted by Gasteiger charge is -2.11. The molecule has 2 heterocycles. The quantitative estimate of drug-likeness (QED) is 0.637. The number of aliphatic imine (C=N–C) groups is 1. The molecule has 7 nitrogen and oxygen atoms in total. The van der Waals surface area contributed by atoms with Gasteiger partial charge in [-0.3, -0.25) is 9.59 Å². The molecule has 0 unspecified atom stereocenters. The van der Waals surface area contributed by atoms with Gasteiger partial charge in [-0.1, -0.05) is 19.9 Å². The Balaban J connectivity index is 2.36. The highest BCUT2D eigenvalue weighted by Crippen LogP contribution is 2.32. The smallest absolute Gasteiger partial charge is 0.285 e. The summed E-state index contributed by atoms with van der Waals surface area (Å²) in [6.07, 6.45) is 6.90. The van der Waals surface area contributed by atoms with Crippen molar-refractivity contribution >= 4 is 38.5 Å². The summed E-state index contributed by atoms with van der Waals surface area (Å²) in [6, 6.07) is 2.23. The van der Waals surface area contributed by atoms with Crippen molar-refractivity contribution in [1.82, 2.24) is 15.1 Å². The van der Waals surface area contributed by atoms with E-state index in [1.54, 1.807) is 25.3 Å². The molecule has 156 valence electrons. The van der Waals surface area contributed by atoms with Crippen molar-refractivity contribution in [2.24, 2.45) is 4.99 Å². The number of hydrogen-bond acceptors (Lipinski definition) is 6. The largest absolute Gasteiger partial charge is 0.375 e. The summed E-state index contributed by atoms with van der Waals surface area (Å²) in [5.74, 6) is 0.188. The predicted octanol–water partition coefficient (Wildman–Crippen LogP) is 4.03. The summed E-state index contributed by atoms with van der Waals surface area (Å²) >= 11 is 1.40. The molecule has 0 atom stereocenters. The van der Waals surface area contributed by atoms with Crippen molar-refractivity contribution in [3.05, 3.63) is 46.2 Å². The summed E-state index contributed by atoms with van der Waals surface area (Å²) < 4.78 is 1.85. The first-order chi connectivity index (χ1) is 13.8. The van der Waals surface area contributed by atoms with Crippen molar-refractivity contribution in [3.63, 3.8) is 0 Å². The third-order valence-corrected chi connectivity index (χ3v) is 5.02. The summed E-state index contributed by atoms with van der Waals surface area (Å²) in [5, 5.41) is 12.3. The number of allylic oxidation sites excluding steroid dienone is 3. The Morgan fingerprint density at radius 2 is 2.03 bits per heavy atom.